The molecule has 0 fully saturated rings. The maximum absolute atomic E-state index is 13.9. The van der Waals surface area contributed by atoms with E-state index in [0.717, 1.165) is 16.9 Å². The number of rotatable bonds is 7. The van der Waals surface area contributed by atoms with Crippen LogP contribution in [0.3, 0.4) is 0 Å². The molecule has 0 aliphatic heterocycles. The maximum atomic E-state index is 13.9. The minimum Gasteiger partial charge on any atom is -0.493 e. The zero-order valence-corrected chi connectivity index (χ0v) is 19.0. The molecule has 6 heteroatoms. The van der Waals surface area contributed by atoms with Crippen LogP contribution in [-0.4, -0.2) is 25.8 Å². The summed E-state index contributed by atoms with van der Waals surface area (Å²) < 4.78 is 30.2. The lowest BCUT2D eigenvalue weighted by atomic mass is 10.1. The summed E-state index contributed by atoms with van der Waals surface area (Å²) in [5.74, 6) is 0.455. The van der Waals surface area contributed by atoms with Crippen LogP contribution in [0.4, 0.5) is 15.8 Å². The van der Waals surface area contributed by atoms with Crippen molar-refractivity contribution < 1.29 is 23.4 Å². The number of hydrogen-bond donors (Lipinski definition) is 0. The van der Waals surface area contributed by atoms with Crippen molar-refractivity contribution in [3.63, 3.8) is 0 Å². The molecule has 0 aliphatic carbocycles. The van der Waals surface area contributed by atoms with Crippen molar-refractivity contribution in [1.29, 1.82) is 0 Å². The van der Waals surface area contributed by atoms with Crippen molar-refractivity contribution in [2.75, 3.05) is 19.1 Å². The van der Waals surface area contributed by atoms with Crippen LogP contribution in [0.1, 0.15) is 36.7 Å². The molecular formula is C26H28FNO4. The molecule has 0 N–H and O–H groups in total. The van der Waals surface area contributed by atoms with Gasteiger partial charge in [0.1, 0.15) is 11.4 Å². The Bertz CT molecular complexity index is 1090. The van der Waals surface area contributed by atoms with Crippen molar-refractivity contribution in [1.82, 2.24) is 0 Å². The molecule has 0 heterocycles. The quantitative estimate of drug-likeness (QED) is 0.416. The van der Waals surface area contributed by atoms with Crippen LogP contribution in [0.25, 0.3) is 0 Å². The molecule has 0 amide bonds. The van der Waals surface area contributed by atoms with E-state index in [-0.39, 0.29) is 5.82 Å². The van der Waals surface area contributed by atoms with Gasteiger partial charge in [-0.3, -0.25) is 0 Å². The lowest BCUT2D eigenvalue weighted by Gasteiger charge is -2.27. The monoisotopic (exact) mass is 437 g/mol. The molecule has 3 aromatic rings. The highest BCUT2D eigenvalue weighted by atomic mass is 19.1. The number of esters is 1. The van der Waals surface area contributed by atoms with Crippen LogP contribution in [0.15, 0.2) is 66.7 Å². The Balaban J connectivity index is 2.05. The van der Waals surface area contributed by atoms with E-state index in [0.29, 0.717) is 23.6 Å². The number of carbonyl (C=O) groups is 1. The Labute approximate surface area is 188 Å². The fraction of sp³-hybridized carbons (Fsp3) is 0.269. The number of hydrogen-bond acceptors (Lipinski definition) is 5. The van der Waals surface area contributed by atoms with Gasteiger partial charge in [0.25, 0.3) is 0 Å². The fourth-order valence-electron chi connectivity index (χ4n) is 3.28. The average Bonchev–Trinajstić information content (AvgIpc) is 2.76. The van der Waals surface area contributed by atoms with Crippen LogP contribution in [-0.2, 0) is 11.3 Å². The van der Waals surface area contributed by atoms with Gasteiger partial charge in [0.2, 0.25) is 0 Å². The second kappa shape index (κ2) is 9.73. The highest BCUT2D eigenvalue weighted by Crippen LogP contribution is 2.36. The average molecular weight is 438 g/mol. The maximum Gasteiger partial charge on any atom is 0.338 e. The second-order valence-corrected chi connectivity index (χ2v) is 8.31. The van der Waals surface area contributed by atoms with Gasteiger partial charge in [-0.2, -0.15) is 0 Å². The first kappa shape index (κ1) is 23.1. The molecule has 3 rings (SSSR count). The van der Waals surface area contributed by atoms with E-state index in [1.54, 1.807) is 38.5 Å². The standard InChI is InChI=1S/C26H28FNO4/c1-26(2,3)32-25(29)19-9-7-11-21(15-19)28(17-18-8-6-10-20(27)14-18)22-12-13-23(30-4)24(16-22)31-5/h6-16H,17H2,1-5H3. The predicted octanol–water partition coefficient (Wildman–Crippen LogP) is 6.14. The highest BCUT2D eigenvalue weighted by molar-refractivity contribution is 5.91. The Morgan fingerprint density at radius 2 is 1.56 bits per heavy atom. The van der Waals surface area contributed by atoms with Crippen molar-refractivity contribution in [2.45, 2.75) is 32.9 Å². The van der Waals surface area contributed by atoms with Crippen LogP contribution >= 0.6 is 0 Å². The SMILES string of the molecule is COc1ccc(N(Cc2cccc(F)c2)c2cccc(C(=O)OC(C)(C)C)c2)cc1OC. The third-order valence-corrected chi connectivity index (χ3v) is 4.70. The molecule has 0 unspecified atom stereocenters. The van der Waals surface area contributed by atoms with Gasteiger partial charge in [0.05, 0.1) is 19.8 Å². The Hall–Kier alpha value is -3.54. The summed E-state index contributed by atoms with van der Waals surface area (Å²) in [4.78, 5) is 14.6. The molecule has 0 saturated heterocycles. The van der Waals surface area contributed by atoms with E-state index >= 15 is 0 Å². The van der Waals surface area contributed by atoms with Crippen LogP contribution in [0, 0.1) is 5.82 Å². The van der Waals surface area contributed by atoms with Gasteiger partial charge >= 0.3 is 5.97 Å². The van der Waals surface area contributed by atoms with Gasteiger partial charge in [-0.25, -0.2) is 9.18 Å². The van der Waals surface area contributed by atoms with Gasteiger partial charge in [0, 0.05) is 24.0 Å². The van der Waals surface area contributed by atoms with E-state index in [4.69, 9.17) is 14.2 Å². The highest BCUT2D eigenvalue weighted by Gasteiger charge is 2.20. The van der Waals surface area contributed by atoms with Crippen LogP contribution in [0.5, 0.6) is 11.5 Å². The van der Waals surface area contributed by atoms with E-state index in [1.165, 1.54) is 12.1 Å². The number of halogens is 1. The first-order valence-electron chi connectivity index (χ1n) is 10.3. The lowest BCUT2D eigenvalue weighted by Crippen LogP contribution is -2.24. The summed E-state index contributed by atoms with van der Waals surface area (Å²) in [6.07, 6.45) is 0. The molecule has 0 spiro atoms. The minimum atomic E-state index is -0.600. The van der Waals surface area contributed by atoms with Crippen LogP contribution < -0.4 is 14.4 Å². The molecule has 0 atom stereocenters. The Morgan fingerprint density at radius 3 is 2.22 bits per heavy atom. The van der Waals surface area contributed by atoms with Gasteiger partial charge < -0.3 is 19.1 Å². The van der Waals surface area contributed by atoms with Crippen molar-refractivity contribution in [3.05, 3.63) is 83.7 Å². The molecule has 168 valence electrons. The first-order chi connectivity index (χ1) is 15.2. The molecule has 32 heavy (non-hydrogen) atoms. The molecule has 5 nitrogen and oxygen atoms in total. The Kier molecular flexibility index (Phi) is 7.03. The summed E-state index contributed by atoms with van der Waals surface area (Å²) >= 11 is 0. The number of anilines is 2. The van der Waals surface area contributed by atoms with Crippen molar-refractivity contribution >= 4 is 17.3 Å². The number of methoxy groups -OCH3 is 2. The smallest absolute Gasteiger partial charge is 0.338 e. The van der Waals surface area contributed by atoms with E-state index < -0.39 is 11.6 Å². The third kappa shape index (κ3) is 5.78. The summed E-state index contributed by atoms with van der Waals surface area (Å²) in [5.41, 5.74) is 2.17. The van der Waals surface area contributed by atoms with E-state index in [9.17, 15) is 9.18 Å². The Morgan fingerprint density at radius 1 is 0.875 bits per heavy atom. The summed E-state index contributed by atoms with van der Waals surface area (Å²) in [5, 5.41) is 0. The minimum absolute atomic E-state index is 0.308. The van der Waals surface area contributed by atoms with Gasteiger partial charge in [-0.15, -0.1) is 0 Å². The van der Waals surface area contributed by atoms with E-state index in [2.05, 4.69) is 0 Å². The van der Waals surface area contributed by atoms with E-state index in [1.807, 2.05) is 56.0 Å². The molecule has 3 aromatic carbocycles. The van der Waals surface area contributed by atoms with Gasteiger partial charge in [-0.05, 0) is 68.8 Å². The molecule has 0 radical (unpaired) electrons. The molecule has 0 saturated carbocycles. The molecule has 0 aromatic heterocycles. The second-order valence-electron chi connectivity index (χ2n) is 8.31. The summed E-state index contributed by atoms with van der Waals surface area (Å²) in [7, 11) is 3.15. The topological polar surface area (TPSA) is 48.0 Å². The predicted molar refractivity (Wildman–Crippen MR) is 123 cm³/mol. The number of carbonyl (C=O) groups excluding carboxylic acids is 1. The normalized spacial score (nSPS) is 11.1. The number of benzene rings is 3. The third-order valence-electron chi connectivity index (χ3n) is 4.70. The zero-order valence-electron chi connectivity index (χ0n) is 19.0. The molecular weight excluding hydrogens is 409 g/mol. The summed E-state index contributed by atoms with van der Waals surface area (Å²) in [6.45, 7) is 5.86. The van der Waals surface area contributed by atoms with Gasteiger partial charge in [-0.1, -0.05) is 18.2 Å². The van der Waals surface area contributed by atoms with Crippen molar-refractivity contribution in [2.24, 2.45) is 0 Å². The molecule has 0 aliphatic rings. The first-order valence-corrected chi connectivity index (χ1v) is 10.3. The lowest BCUT2D eigenvalue weighted by molar-refractivity contribution is 0.00695. The summed E-state index contributed by atoms with van der Waals surface area (Å²) in [6, 6.07) is 19.2. The van der Waals surface area contributed by atoms with Crippen LogP contribution in [0.2, 0.25) is 0 Å². The molecule has 0 bridgehead atoms. The number of nitrogens with zero attached hydrogens (tertiary/aromatic N) is 1. The largest absolute Gasteiger partial charge is 0.493 e. The number of ether oxygens (including phenoxy) is 3. The zero-order chi connectivity index (χ0) is 23.3. The van der Waals surface area contributed by atoms with Crippen molar-refractivity contribution in [3.8, 4) is 11.5 Å². The van der Waals surface area contributed by atoms with Gasteiger partial charge in [0.15, 0.2) is 11.5 Å². The fourth-order valence-corrected chi connectivity index (χ4v) is 3.28.